The van der Waals surface area contributed by atoms with Crippen LogP contribution >= 0.6 is 0 Å². The van der Waals surface area contributed by atoms with E-state index in [4.69, 9.17) is 4.98 Å². The second kappa shape index (κ2) is 11.5. The molecule has 1 aromatic carbocycles. The van der Waals surface area contributed by atoms with Gasteiger partial charge in [-0.05, 0) is 76.6 Å². The number of benzene rings is 1. The highest BCUT2D eigenvalue weighted by Gasteiger charge is 2.27. The molecule has 0 radical (unpaired) electrons. The van der Waals surface area contributed by atoms with Crippen LogP contribution in [0.5, 0.6) is 0 Å². The van der Waals surface area contributed by atoms with Gasteiger partial charge in [0.25, 0.3) is 5.91 Å². The van der Waals surface area contributed by atoms with Gasteiger partial charge in [0.2, 0.25) is 5.95 Å². The molecular weight excluding hydrogens is 520 g/mol. The van der Waals surface area contributed by atoms with Crippen molar-refractivity contribution >= 4 is 23.5 Å². The fourth-order valence-corrected chi connectivity index (χ4v) is 5.04. The lowest BCUT2D eigenvalue weighted by molar-refractivity contribution is -0.143. The normalized spacial score (nSPS) is 17.3. The van der Waals surface area contributed by atoms with Crippen molar-refractivity contribution in [3.05, 3.63) is 71.9 Å². The van der Waals surface area contributed by atoms with Gasteiger partial charge in [-0.2, -0.15) is 10.2 Å². The smallest absolute Gasteiger partial charge is 0.306 e. The maximum atomic E-state index is 12.7. The number of aryl methyl sites for hydroxylation is 1. The second-order valence-electron chi connectivity index (χ2n) is 11.6. The maximum Gasteiger partial charge on any atom is 0.306 e. The van der Waals surface area contributed by atoms with Crippen LogP contribution < -0.4 is 10.6 Å². The zero-order valence-corrected chi connectivity index (χ0v) is 23.8. The third kappa shape index (κ3) is 6.62. The molecule has 1 saturated carbocycles. The molecule has 214 valence electrons. The Morgan fingerprint density at radius 2 is 1.83 bits per heavy atom. The van der Waals surface area contributed by atoms with Crippen LogP contribution in [0.25, 0.3) is 11.3 Å². The van der Waals surface area contributed by atoms with Gasteiger partial charge < -0.3 is 15.7 Å². The number of aromatic nitrogens is 6. The van der Waals surface area contributed by atoms with E-state index in [0.717, 1.165) is 40.9 Å². The molecule has 4 aromatic rings. The van der Waals surface area contributed by atoms with E-state index >= 15 is 0 Å². The Labute approximate surface area is 239 Å². The molecule has 0 aliphatic heterocycles. The number of amides is 1. The molecule has 0 bridgehead atoms. The number of nitrogens with one attached hydrogen (secondary N) is 2. The van der Waals surface area contributed by atoms with Crippen molar-refractivity contribution in [1.29, 1.82) is 0 Å². The molecule has 0 unspecified atom stereocenters. The van der Waals surface area contributed by atoms with Crippen molar-refractivity contribution in [2.75, 3.05) is 5.32 Å². The van der Waals surface area contributed by atoms with Gasteiger partial charge >= 0.3 is 5.97 Å². The van der Waals surface area contributed by atoms with Gasteiger partial charge in [0.15, 0.2) is 0 Å². The Hall–Kier alpha value is -4.54. The van der Waals surface area contributed by atoms with Gasteiger partial charge in [-0.1, -0.05) is 12.1 Å². The van der Waals surface area contributed by atoms with Crippen molar-refractivity contribution in [2.24, 2.45) is 5.92 Å². The van der Waals surface area contributed by atoms with Crippen LogP contribution in [-0.4, -0.2) is 46.5 Å². The predicted octanol–water partition coefficient (Wildman–Crippen LogP) is 5.09. The van der Waals surface area contributed by atoms with Crippen LogP contribution in [0.1, 0.15) is 74.0 Å². The number of hydrogen-bond donors (Lipinski definition) is 3. The standard InChI is InChI=1S/C30H36N8O3/c1-19-13-21(5-6-22(19)14-32-27(39)23-15-34-38(17-23)30(2,3)4)26-11-12-31-29(36-26)35-24-16-33-37(18-24)25-9-7-20(8-10-25)28(40)41/h5-6,11-13,15-18,20,25H,7-10,14H2,1-4H3,(H,32,39)(H,40,41)(H,31,35,36). The van der Waals surface area contributed by atoms with Crippen LogP contribution in [0.3, 0.4) is 0 Å². The Bertz CT molecular complexity index is 1540. The lowest BCUT2D eigenvalue weighted by Gasteiger charge is -2.26. The van der Waals surface area contributed by atoms with Crippen LogP contribution in [0.15, 0.2) is 55.2 Å². The minimum Gasteiger partial charge on any atom is -0.481 e. The first-order chi connectivity index (χ1) is 19.6. The maximum absolute atomic E-state index is 12.7. The van der Waals surface area contributed by atoms with Crippen molar-refractivity contribution in [3.63, 3.8) is 0 Å². The average molecular weight is 557 g/mol. The SMILES string of the molecule is Cc1cc(-c2ccnc(Nc3cnn(C4CCC(C(=O)O)CC4)c3)n2)ccc1CNC(=O)c1cnn(C(C)(C)C)c1. The summed E-state index contributed by atoms with van der Waals surface area (Å²) in [6, 6.07) is 8.10. The van der Waals surface area contributed by atoms with E-state index in [-0.39, 0.29) is 23.4 Å². The number of carboxylic acid groups (broad SMARTS) is 1. The fourth-order valence-electron chi connectivity index (χ4n) is 5.04. The molecule has 11 heteroatoms. The van der Waals surface area contributed by atoms with E-state index in [0.29, 0.717) is 30.9 Å². The molecule has 41 heavy (non-hydrogen) atoms. The van der Waals surface area contributed by atoms with Crippen molar-refractivity contribution < 1.29 is 14.7 Å². The molecule has 0 saturated heterocycles. The van der Waals surface area contributed by atoms with Gasteiger partial charge in [0, 0.05) is 30.7 Å². The molecule has 5 rings (SSSR count). The van der Waals surface area contributed by atoms with Crippen molar-refractivity contribution in [1.82, 2.24) is 34.8 Å². The number of carbonyl (C=O) groups is 2. The lowest BCUT2D eigenvalue weighted by Crippen LogP contribution is -2.24. The third-order valence-corrected chi connectivity index (χ3v) is 7.54. The lowest BCUT2D eigenvalue weighted by atomic mass is 9.86. The highest BCUT2D eigenvalue weighted by atomic mass is 16.4. The summed E-state index contributed by atoms with van der Waals surface area (Å²) < 4.78 is 3.69. The minimum absolute atomic E-state index is 0.160. The van der Waals surface area contributed by atoms with Gasteiger partial charge in [-0.3, -0.25) is 19.0 Å². The summed E-state index contributed by atoms with van der Waals surface area (Å²) in [7, 11) is 0. The minimum atomic E-state index is -0.708. The summed E-state index contributed by atoms with van der Waals surface area (Å²) in [6.45, 7) is 8.53. The van der Waals surface area contributed by atoms with Crippen LogP contribution in [0, 0.1) is 12.8 Å². The molecule has 1 aliphatic carbocycles. The van der Waals surface area contributed by atoms with E-state index < -0.39 is 5.97 Å². The second-order valence-corrected chi connectivity index (χ2v) is 11.6. The topological polar surface area (TPSA) is 140 Å². The van der Waals surface area contributed by atoms with Gasteiger partial charge in [0.05, 0.1) is 46.8 Å². The highest BCUT2D eigenvalue weighted by molar-refractivity contribution is 5.93. The molecule has 1 aliphatic rings. The van der Waals surface area contributed by atoms with Crippen LogP contribution in [0.4, 0.5) is 11.6 Å². The number of anilines is 2. The predicted molar refractivity (Wildman–Crippen MR) is 155 cm³/mol. The molecule has 1 amide bonds. The number of carboxylic acids is 1. The Kier molecular flexibility index (Phi) is 7.87. The summed E-state index contributed by atoms with van der Waals surface area (Å²) in [6.07, 6.45) is 11.7. The largest absolute Gasteiger partial charge is 0.481 e. The number of rotatable bonds is 8. The highest BCUT2D eigenvalue weighted by Crippen LogP contribution is 2.32. The molecule has 0 atom stereocenters. The van der Waals surface area contributed by atoms with Crippen molar-refractivity contribution in [3.8, 4) is 11.3 Å². The first kappa shape index (κ1) is 28.0. The molecule has 3 N–H and O–H groups in total. The zero-order valence-electron chi connectivity index (χ0n) is 23.8. The quantitative estimate of drug-likeness (QED) is 0.273. The Balaban J connectivity index is 1.20. The summed E-state index contributed by atoms with van der Waals surface area (Å²) >= 11 is 0. The summed E-state index contributed by atoms with van der Waals surface area (Å²) in [5.41, 5.74) is 4.90. The molecule has 11 nitrogen and oxygen atoms in total. The van der Waals surface area contributed by atoms with Gasteiger partial charge in [0.1, 0.15) is 0 Å². The summed E-state index contributed by atoms with van der Waals surface area (Å²) in [4.78, 5) is 33.0. The van der Waals surface area contributed by atoms with Gasteiger partial charge in [-0.15, -0.1) is 0 Å². The van der Waals surface area contributed by atoms with E-state index in [1.165, 1.54) is 0 Å². The summed E-state index contributed by atoms with van der Waals surface area (Å²) in [5, 5.41) is 24.2. The zero-order chi connectivity index (χ0) is 29.1. The first-order valence-electron chi connectivity index (χ1n) is 13.9. The number of hydrogen-bond acceptors (Lipinski definition) is 7. The summed E-state index contributed by atoms with van der Waals surface area (Å²) in [5.74, 6) is -0.662. The van der Waals surface area contributed by atoms with Crippen LogP contribution in [0.2, 0.25) is 0 Å². The monoisotopic (exact) mass is 556 g/mol. The molecule has 1 fully saturated rings. The van der Waals surface area contributed by atoms with E-state index in [9.17, 15) is 14.7 Å². The number of aliphatic carboxylic acids is 1. The molecular formula is C30H36N8O3. The first-order valence-corrected chi connectivity index (χ1v) is 13.9. The molecule has 3 aromatic heterocycles. The van der Waals surface area contributed by atoms with Crippen LogP contribution in [-0.2, 0) is 16.9 Å². The Morgan fingerprint density at radius 1 is 1.05 bits per heavy atom. The van der Waals surface area contributed by atoms with Crippen molar-refractivity contribution in [2.45, 2.75) is 71.5 Å². The third-order valence-electron chi connectivity index (χ3n) is 7.54. The molecule has 3 heterocycles. The molecule has 0 spiro atoms. The van der Waals surface area contributed by atoms with E-state index in [1.54, 1.807) is 29.5 Å². The number of carbonyl (C=O) groups excluding carboxylic acids is 1. The van der Waals surface area contributed by atoms with E-state index in [1.807, 2.05) is 56.8 Å². The number of nitrogens with zero attached hydrogens (tertiary/aromatic N) is 6. The average Bonchev–Trinajstić information content (AvgIpc) is 3.63. The van der Waals surface area contributed by atoms with Gasteiger partial charge in [-0.25, -0.2) is 9.97 Å². The Morgan fingerprint density at radius 3 is 2.51 bits per heavy atom. The fraction of sp³-hybridized carbons (Fsp3) is 0.400. The van der Waals surface area contributed by atoms with E-state index in [2.05, 4.69) is 31.9 Å².